The molecule has 0 aliphatic rings. The zero-order chi connectivity index (χ0) is 14.5. The number of halogens is 1. The molecular formula is C14H15FN2O2S. The predicted octanol–water partition coefficient (Wildman–Crippen LogP) is 2.57. The van der Waals surface area contributed by atoms with Crippen LogP contribution in [0.3, 0.4) is 0 Å². The summed E-state index contributed by atoms with van der Waals surface area (Å²) in [6.45, 7) is 2.46. The summed E-state index contributed by atoms with van der Waals surface area (Å²) in [4.78, 5) is 17.2. The number of thiazole rings is 1. The zero-order valence-electron chi connectivity index (χ0n) is 11.3. The number of ether oxygens (including phenoxy) is 1. The van der Waals surface area contributed by atoms with Crippen LogP contribution >= 0.6 is 11.3 Å². The van der Waals surface area contributed by atoms with E-state index in [0.717, 1.165) is 17.0 Å². The van der Waals surface area contributed by atoms with E-state index in [4.69, 9.17) is 4.74 Å². The van der Waals surface area contributed by atoms with Crippen molar-refractivity contribution in [3.63, 3.8) is 0 Å². The van der Waals surface area contributed by atoms with E-state index in [1.165, 1.54) is 25.3 Å². The van der Waals surface area contributed by atoms with Crippen LogP contribution in [-0.4, -0.2) is 24.5 Å². The fraction of sp³-hybridized carbons (Fsp3) is 0.286. The van der Waals surface area contributed by atoms with Crippen LogP contribution in [0.25, 0.3) is 0 Å². The highest BCUT2D eigenvalue weighted by Gasteiger charge is 2.10. The second-order valence-electron chi connectivity index (χ2n) is 4.22. The third-order valence-corrected chi connectivity index (χ3v) is 3.89. The fourth-order valence-electron chi connectivity index (χ4n) is 1.76. The molecule has 0 unspecified atom stereocenters. The second-order valence-corrected chi connectivity index (χ2v) is 5.16. The van der Waals surface area contributed by atoms with Crippen LogP contribution in [0.1, 0.15) is 20.9 Å². The molecule has 2 aromatic rings. The maximum Gasteiger partial charge on any atom is 0.251 e. The van der Waals surface area contributed by atoms with E-state index in [0.29, 0.717) is 12.1 Å². The number of methoxy groups -OCH3 is 1. The largest absolute Gasteiger partial charge is 0.494 e. The molecule has 0 radical (unpaired) electrons. The molecule has 6 heteroatoms. The van der Waals surface area contributed by atoms with Gasteiger partial charge in [0.1, 0.15) is 0 Å². The number of carbonyl (C=O) groups excluding carboxylic acids is 1. The van der Waals surface area contributed by atoms with E-state index >= 15 is 0 Å². The van der Waals surface area contributed by atoms with Crippen molar-refractivity contribution in [3.8, 4) is 5.75 Å². The number of hydrogen-bond acceptors (Lipinski definition) is 4. The summed E-state index contributed by atoms with van der Waals surface area (Å²) in [5.41, 5.74) is 3.16. The van der Waals surface area contributed by atoms with Crippen molar-refractivity contribution in [2.75, 3.05) is 13.7 Å². The number of aryl methyl sites for hydroxylation is 1. The SMILES string of the molecule is COc1cc(C(=O)NCCc2scnc2C)ccc1F. The third-order valence-electron chi connectivity index (χ3n) is 2.90. The molecule has 0 aliphatic heterocycles. The first-order valence-electron chi connectivity index (χ1n) is 6.12. The Bertz CT molecular complexity index is 613. The Morgan fingerprint density at radius 1 is 1.50 bits per heavy atom. The van der Waals surface area contributed by atoms with Gasteiger partial charge < -0.3 is 10.1 Å². The summed E-state index contributed by atoms with van der Waals surface area (Å²) in [7, 11) is 1.37. The number of carbonyl (C=O) groups is 1. The van der Waals surface area contributed by atoms with Gasteiger partial charge in [0.05, 0.1) is 18.3 Å². The smallest absolute Gasteiger partial charge is 0.251 e. The summed E-state index contributed by atoms with van der Waals surface area (Å²) < 4.78 is 18.1. The van der Waals surface area contributed by atoms with E-state index in [2.05, 4.69) is 10.3 Å². The lowest BCUT2D eigenvalue weighted by molar-refractivity contribution is 0.0953. The second kappa shape index (κ2) is 6.47. The van der Waals surface area contributed by atoms with E-state index in [1.54, 1.807) is 16.8 Å². The van der Waals surface area contributed by atoms with Gasteiger partial charge in [-0.15, -0.1) is 11.3 Å². The van der Waals surface area contributed by atoms with Crippen molar-refractivity contribution in [3.05, 3.63) is 45.7 Å². The number of nitrogens with zero attached hydrogens (tertiary/aromatic N) is 1. The number of benzene rings is 1. The maximum atomic E-state index is 13.3. The van der Waals surface area contributed by atoms with Gasteiger partial charge in [-0.2, -0.15) is 0 Å². The molecule has 0 saturated heterocycles. The Labute approximate surface area is 120 Å². The Morgan fingerprint density at radius 3 is 2.95 bits per heavy atom. The maximum absolute atomic E-state index is 13.3. The number of hydrogen-bond donors (Lipinski definition) is 1. The molecule has 4 nitrogen and oxygen atoms in total. The number of amides is 1. The molecule has 1 aromatic heterocycles. The van der Waals surface area contributed by atoms with Crippen molar-refractivity contribution in [2.45, 2.75) is 13.3 Å². The minimum Gasteiger partial charge on any atom is -0.494 e. The number of nitrogens with one attached hydrogen (secondary N) is 1. The van der Waals surface area contributed by atoms with Crippen molar-refractivity contribution in [1.29, 1.82) is 0 Å². The summed E-state index contributed by atoms with van der Waals surface area (Å²) in [5, 5.41) is 2.80. The number of aromatic nitrogens is 1. The molecule has 0 aliphatic carbocycles. The Morgan fingerprint density at radius 2 is 2.30 bits per heavy atom. The van der Waals surface area contributed by atoms with Crippen LogP contribution in [0, 0.1) is 12.7 Å². The Balaban J connectivity index is 1.93. The first kappa shape index (κ1) is 14.5. The molecule has 0 fully saturated rings. The standard InChI is InChI=1S/C14H15FN2O2S/c1-9-13(20-8-17-9)5-6-16-14(18)10-3-4-11(15)12(7-10)19-2/h3-4,7-8H,5-6H2,1-2H3,(H,16,18). The first-order chi connectivity index (χ1) is 9.61. The Kier molecular flexibility index (Phi) is 4.68. The first-order valence-corrected chi connectivity index (χ1v) is 7.00. The van der Waals surface area contributed by atoms with Gasteiger partial charge >= 0.3 is 0 Å². The van der Waals surface area contributed by atoms with E-state index < -0.39 is 5.82 Å². The average Bonchev–Trinajstić information content (AvgIpc) is 2.85. The monoisotopic (exact) mass is 294 g/mol. The fourth-order valence-corrected chi connectivity index (χ4v) is 2.54. The van der Waals surface area contributed by atoms with Crippen LogP contribution in [0.15, 0.2) is 23.7 Å². The molecule has 1 N–H and O–H groups in total. The molecule has 20 heavy (non-hydrogen) atoms. The molecule has 0 atom stereocenters. The van der Waals surface area contributed by atoms with Crippen LogP contribution in [0.5, 0.6) is 5.75 Å². The van der Waals surface area contributed by atoms with Gasteiger partial charge in [-0.25, -0.2) is 9.37 Å². The van der Waals surface area contributed by atoms with Gasteiger partial charge in [0.15, 0.2) is 11.6 Å². The molecule has 2 rings (SSSR count). The average molecular weight is 294 g/mol. The molecule has 1 aromatic carbocycles. The van der Waals surface area contributed by atoms with Crippen molar-refractivity contribution >= 4 is 17.2 Å². The third kappa shape index (κ3) is 3.33. The lowest BCUT2D eigenvalue weighted by atomic mass is 10.2. The lowest BCUT2D eigenvalue weighted by Crippen LogP contribution is -2.25. The Hall–Kier alpha value is -1.95. The van der Waals surface area contributed by atoms with Gasteiger partial charge in [0.2, 0.25) is 0 Å². The lowest BCUT2D eigenvalue weighted by Gasteiger charge is -2.07. The highest BCUT2D eigenvalue weighted by Crippen LogP contribution is 2.18. The molecule has 106 valence electrons. The van der Waals surface area contributed by atoms with Gasteiger partial charge in [-0.3, -0.25) is 4.79 Å². The van der Waals surface area contributed by atoms with Crippen LogP contribution in [-0.2, 0) is 6.42 Å². The highest BCUT2D eigenvalue weighted by atomic mass is 32.1. The minimum absolute atomic E-state index is 0.0657. The van der Waals surface area contributed by atoms with Crippen LogP contribution < -0.4 is 10.1 Å². The molecule has 0 spiro atoms. The van der Waals surface area contributed by atoms with Crippen LogP contribution in [0.2, 0.25) is 0 Å². The van der Waals surface area contributed by atoms with E-state index in [-0.39, 0.29) is 11.7 Å². The molecule has 1 heterocycles. The topological polar surface area (TPSA) is 51.2 Å². The van der Waals surface area contributed by atoms with Gasteiger partial charge in [0, 0.05) is 23.4 Å². The van der Waals surface area contributed by atoms with Gasteiger partial charge in [-0.05, 0) is 25.1 Å². The molecule has 0 bridgehead atoms. The highest BCUT2D eigenvalue weighted by molar-refractivity contribution is 7.09. The van der Waals surface area contributed by atoms with Crippen molar-refractivity contribution in [1.82, 2.24) is 10.3 Å². The molecule has 1 amide bonds. The van der Waals surface area contributed by atoms with Crippen molar-refractivity contribution < 1.29 is 13.9 Å². The van der Waals surface area contributed by atoms with Crippen molar-refractivity contribution in [2.24, 2.45) is 0 Å². The summed E-state index contributed by atoms with van der Waals surface area (Å²) in [6, 6.07) is 4.05. The normalized spacial score (nSPS) is 10.3. The minimum atomic E-state index is -0.482. The summed E-state index contributed by atoms with van der Waals surface area (Å²) in [6.07, 6.45) is 0.737. The van der Waals surface area contributed by atoms with E-state index in [1.807, 2.05) is 6.92 Å². The molecular weight excluding hydrogens is 279 g/mol. The number of rotatable bonds is 5. The van der Waals surface area contributed by atoms with E-state index in [9.17, 15) is 9.18 Å². The molecule has 0 saturated carbocycles. The zero-order valence-corrected chi connectivity index (χ0v) is 12.1. The summed E-state index contributed by atoms with van der Waals surface area (Å²) in [5.74, 6) is -0.661. The van der Waals surface area contributed by atoms with Gasteiger partial charge in [-0.1, -0.05) is 0 Å². The summed E-state index contributed by atoms with van der Waals surface area (Å²) >= 11 is 1.57. The van der Waals surface area contributed by atoms with Crippen LogP contribution in [0.4, 0.5) is 4.39 Å². The van der Waals surface area contributed by atoms with Gasteiger partial charge in [0.25, 0.3) is 5.91 Å². The quantitative estimate of drug-likeness (QED) is 0.922. The predicted molar refractivity (Wildman–Crippen MR) is 75.8 cm³/mol.